The molecule has 1 spiro atoms. The van der Waals surface area contributed by atoms with Gasteiger partial charge in [-0.25, -0.2) is 0 Å². The van der Waals surface area contributed by atoms with Crippen molar-refractivity contribution >= 4 is 5.91 Å². The first-order chi connectivity index (χ1) is 11.1. The molecule has 6 heteroatoms. The van der Waals surface area contributed by atoms with Crippen LogP contribution in [0.1, 0.15) is 67.4 Å². The van der Waals surface area contributed by atoms with E-state index in [1.54, 1.807) is 0 Å². The molecule has 0 unspecified atom stereocenters. The minimum atomic E-state index is -0.0343. The molecular weight excluding hydrogens is 294 g/mol. The summed E-state index contributed by atoms with van der Waals surface area (Å²) in [5.41, 5.74) is 2.60. The average Bonchev–Trinajstić information content (AvgIpc) is 2.76. The fourth-order valence-corrected chi connectivity index (χ4v) is 4.29. The second kappa shape index (κ2) is 5.60. The van der Waals surface area contributed by atoms with Crippen LogP contribution < -0.4 is 0 Å². The van der Waals surface area contributed by atoms with Gasteiger partial charge in [-0.05, 0) is 39.5 Å². The second-order valence-electron chi connectivity index (χ2n) is 7.15. The van der Waals surface area contributed by atoms with E-state index in [1.165, 1.54) is 6.42 Å². The molecule has 3 heterocycles. The maximum Gasteiger partial charge on any atom is 0.275 e. The van der Waals surface area contributed by atoms with Crippen molar-refractivity contribution in [3.8, 4) is 0 Å². The number of carbonyl (C=O) groups is 1. The Morgan fingerprint density at radius 3 is 2.87 bits per heavy atom. The van der Waals surface area contributed by atoms with E-state index in [1.807, 2.05) is 18.7 Å². The third-order valence-electron chi connectivity index (χ3n) is 5.71. The van der Waals surface area contributed by atoms with Crippen molar-refractivity contribution in [1.82, 2.24) is 15.1 Å². The number of rotatable bonds is 1. The summed E-state index contributed by atoms with van der Waals surface area (Å²) in [5, 5.41) is 7.42. The Labute approximate surface area is 136 Å². The molecule has 0 radical (unpaired) electrons. The van der Waals surface area contributed by atoms with Gasteiger partial charge < -0.3 is 14.4 Å². The molecule has 2 atom stereocenters. The molecule has 1 aromatic heterocycles. The number of aromatic nitrogens is 2. The van der Waals surface area contributed by atoms with Gasteiger partial charge in [-0.2, -0.15) is 5.10 Å². The van der Waals surface area contributed by atoms with Gasteiger partial charge in [0, 0.05) is 30.7 Å². The van der Waals surface area contributed by atoms with E-state index in [4.69, 9.17) is 9.47 Å². The zero-order valence-electron chi connectivity index (χ0n) is 13.9. The molecule has 1 aromatic rings. The van der Waals surface area contributed by atoms with Gasteiger partial charge in [0.2, 0.25) is 0 Å². The first-order valence-corrected chi connectivity index (χ1v) is 8.73. The zero-order valence-corrected chi connectivity index (χ0v) is 13.9. The molecule has 6 nitrogen and oxygen atoms in total. The first kappa shape index (κ1) is 15.1. The third kappa shape index (κ3) is 2.39. The monoisotopic (exact) mass is 319 g/mol. The van der Waals surface area contributed by atoms with E-state index in [0.29, 0.717) is 18.8 Å². The van der Waals surface area contributed by atoms with Crippen LogP contribution in [0, 0.1) is 0 Å². The quantitative estimate of drug-likeness (QED) is 0.862. The summed E-state index contributed by atoms with van der Waals surface area (Å²) in [6, 6.07) is 0. The SMILES string of the molecule is C[C@@H]1Cc2c(C(=O)N3CCOCCC34CCC4)n[nH]c2[C@H](C)O1. The van der Waals surface area contributed by atoms with Gasteiger partial charge in [0.05, 0.1) is 24.5 Å². The number of fused-ring (bicyclic) bond motifs is 1. The van der Waals surface area contributed by atoms with Crippen molar-refractivity contribution in [2.45, 2.75) is 63.7 Å². The summed E-state index contributed by atoms with van der Waals surface area (Å²) in [5.74, 6) is 0.0639. The van der Waals surface area contributed by atoms with Crippen LogP contribution in [-0.4, -0.2) is 52.4 Å². The fourth-order valence-electron chi connectivity index (χ4n) is 4.29. The van der Waals surface area contributed by atoms with Crippen molar-refractivity contribution in [1.29, 1.82) is 0 Å². The highest BCUT2D eigenvalue weighted by molar-refractivity contribution is 5.94. The third-order valence-corrected chi connectivity index (χ3v) is 5.71. The van der Waals surface area contributed by atoms with Crippen LogP contribution in [0.3, 0.4) is 0 Å². The molecule has 1 N–H and O–H groups in total. The van der Waals surface area contributed by atoms with Gasteiger partial charge in [0.1, 0.15) is 0 Å². The first-order valence-electron chi connectivity index (χ1n) is 8.73. The topological polar surface area (TPSA) is 67.5 Å². The Kier molecular flexibility index (Phi) is 3.69. The van der Waals surface area contributed by atoms with Crippen molar-refractivity contribution in [2.24, 2.45) is 0 Å². The Bertz CT molecular complexity index is 608. The highest BCUT2D eigenvalue weighted by Crippen LogP contribution is 2.42. The Morgan fingerprint density at radius 2 is 2.13 bits per heavy atom. The molecule has 0 bridgehead atoms. The van der Waals surface area contributed by atoms with Crippen molar-refractivity contribution in [3.05, 3.63) is 17.0 Å². The summed E-state index contributed by atoms with van der Waals surface area (Å²) in [6.45, 7) is 6.10. The fraction of sp³-hybridized carbons (Fsp3) is 0.765. The lowest BCUT2D eigenvalue weighted by atomic mass is 9.73. The lowest BCUT2D eigenvalue weighted by Gasteiger charge is -2.49. The Hall–Kier alpha value is -1.40. The molecule has 1 amide bonds. The highest BCUT2D eigenvalue weighted by Gasteiger charge is 2.46. The smallest absolute Gasteiger partial charge is 0.275 e. The van der Waals surface area contributed by atoms with Crippen LogP contribution in [0.25, 0.3) is 0 Å². The summed E-state index contributed by atoms with van der Waals surface area (Å²) < 4.78 is 11.5. The number of H-pyrrole nitrogens is 1. The number of ether oxygens (including phenoxy) is 2. The Balaban J connectivity index is 1.66. The van der Waals surface area contributed by atoms with Crippen LogP contribution in [-0.2, 0) is 15.9 Å². The molecule has 4 rings (SSSR count). The van der Waals surface area contributed by atoms with Crippen molar-refractivity contribution in [3.63, 3.8) is 0 Å². The van der Waals surface area contributed by atoms with E-state index in [9.17, 15) is 4.79 Å². The number of carbonyl (C=O) groups excluding carboxylic acids is 1. The molecule has 0 aromatic carbocycles. The summed E-state index contributed by atoms with van der Waals surface area (Å²) >= 11 is 0. The largest absolute Gasteiger partial charge is 0.380 e. The second-order valence-corrected chi connectivity index (χ2v) is 7.15. The maximum absolute atomic E-state index is 13.3. The average molecular weight is 319 g/mol. The number of hydrogen-bond acceptors (Lipinski definition) is 4. The van der Waals surface area contributed by atoms with Crippen molar-refractivity contribution in [2.75, 3.05) is 19.8 Å². The van der Waals surface area contributed by atoms with Crippen LogP contribution in [0.5, 0.6) is 0 Å². The zero-order chi connectivity index (χ0) is 16.0. The van der Waals surface area contributed by atoms with Crippen LogP contribution in [0.15, 0.2) is 0 Å². The summed E-state index contributed by atoms with van der Waals surface area (Å²) in [6.07, 6.45) is 5.15. The lowest BCUT2D eigenvalue weighted by molar-refractivity contribution is -0.00728. The molecule has 23 heavy (non-hydrogen) atoms. The van der Waals surface area contributed by atoms with Crippen molar-refractivity contribution < 1.29 is 14.3 Å². The highest BCUT2D eigenvalue weighted by atomic mass is 16.5. The molecule has 1 saturated carbocycles. The van der Waals surface area contributed by atoms with Crippen LogP contribution >= 0.6 is 0 Å². The number of amides is 1. The van der Waals surface area contributed by atoms with E-state index in [2.05, 4.69) is 10.2 Å². The molecular formula is C17H25N3O3. The van der Waals surface area contributed by atoms with Crippen LogP contribution in [0.2, 0.25) is 0 Å². The predicted molar refractivity (Wildman–Crippen MR) is 84.3 cm³/mol. The predicted octanol–water partition coefficient (Wildman–Crippen LogP) is 2.22. The van der Waals surface area contributed by atoms with Gasteiger partial charge >= 0.3 is 0 Å². The molecule has 1 aliphatic carbocycles. The molecule has 1 saturated heterocycles. The van der Waals surface area contributed by atoms with Crippen LogP contribution in [0.4, 0.5) is 0 Å². The lowest BCUT2D eigenvalue weighted by Crippen LogP contribution is -2.56. The van der Waals surface area contributed by atoms with Gasteiger partial charge in [-0.1, -0.05) is 0 Å². The van der Waals surface area contributed by atoms with Gasteiger partial charge in [0.15, 0.2) is 5.69 Å². The maximum atomic E-state index is 13.3. The minimum Gasteiger partial charge on any atom is -0.380 e. The van der Waals surface area contributed by atoms with Gasteiger partial charge in [0.25, 0.3) is 5.91 Å². The molecule has 2 aliphatic heterocycles. The van der Waals surface area contributed by atoms with Gasteiger partial charge in [-0.3, -0.25) is 9.89 Å². The molecule has 126 valence electrons. The Morgan fingerprint density at radius 1 is 1.30 bits per heavy atom. The minimum absolute atomic E-state index is 0.00180. The van der Waals surface area contributed by atoms with E-state index < -0.39 is 0 Å². The van der Waals surface area contributed by atoms with E-state index in [-0.39, 0.29) is 23.7 Å². The number of aromatic amines is 1. The number of hydrogen-bond donors (Lipinski definition) is 1. The normalized spacial score (nSPS) is 29.7. The summed E-state index contributed by atoms with van der Waals surface area (Å²) in [7, 11) is 0. The van der Waals surface area contributed by atoms with Gasteiger partial charge in [-0.15, -0.1) is 0 Å². The summed E-state index contributed by atoms with van der Waals surface area (Å²) in [4.78, 5) is 15.3. The molecule has 3 aliphatic rings. The van der Waals surface area contributed by atoms with E-state index >= 15 is 0 Å². The standard InChI is InChI=1S/C17H25N3O3/c1-11-10-13-14(12(2)23-11)18-19-15(13)16(21)20-7-9-22-8-6-17(20)4-3-5-17/h11-12H,3-10H2,1-2H3,(H,18,19)/t11-,12+/m1/s1. The number of nitrogens with one attached hydrogen (secondary N) is 1. The van der Waals surface area contributed by atoms with E-state index in [0.717, 1.165) is 43.5 Å². The number of nitrogens with zero attached hydrogens (tertiary/aromatic N) is 2. The molecule has 2 fully saturated rings.